The first-order valence-corrected chi connectivity index (χ1v) is 6.45. The fraction of sp³-hybridized carbons (Fsp3) is 0.308. The van der Waals surface area contributed by atoms with Crippen molar-refractivity contribution in [3.8, 4) is 0 Å². The van der Waals surface area contributed by atoms with Gasteiger partial charge in [-0.2, -0.15) is 5.10 Å². The van der Waals surface area contributed by atoms with Gasteiger partial charge < -0.3 is 5.73 Å². The first kappa shape index (κ1) is 12.3. The van der Waals surface area contributed by atoms with Crippen molar-refractivity contribution in [2.45, 2.75) is 26.4 Å². The zero-order valence-electron chi connectivity index (χ0n) is 10.0. The Bertz CT molecular complexity index is 519. The van der Waals surface area contributed by atoms with Gasteiger partial charge in [0.15, 0.2) is 0 Å². The van der Waals surface area contributed by atoms with Crippen molar-refractivity contribution in [3.63, 3.8) is 0 Å². The van der Waals surface area contributed by atoms with Gasteiger partial charge in [-0.1, -0.05) is 28.1 Å². The molecule has 0 saturated carbocycles. The lowest BCUT2D eigenvalue weighted by Gasteiger charge is -2.11. The van der Waals surface area contributed by atoms with Crippen LogP contribution in [0.5, 0.6) is 0 Å². The molecule has 0 amide bonds. The molecule has 0 aliphatic rings. The topological polar surface area (TPSA) is 43.8 Å². The van der Waals surface area contributed by atoms with E-state index in [0.717, 1.165) is 22.1 Å². The van der Waals surface area contributed by atoms with Crippen LogP contribution in [0.1, 0.15) is 29.7 Å². The maximum atomic E-state index is 6.23. The Morgan fingerprint density at radius 2 is 2.18 bits per heavy atom. The molecule has 0 aliphatic heterocycles. The first-order valence-electron chi connectivity index (χ1n) is 5.65. The number of aromatic nitrogens is 2. The highest BCUT2D eigenvalue weighted by Crippen LogP contribution is 2.24. The summed E-state index contributed by atoms with van der Waals surface area (Å²) in [7, 11) is 0. The van der Waals surface area contributed by atoms with Crippen LogP contribution in [-0.2, 0) is 6.54 Å². The van der Waals surface area contributed by atoms with Crippen molar-refractivity contribution in [3.05, 3.63) is 51.8 Å². The summed E-state index contributed by atoms with van der Waals surface area (Å²) in [5, 5.41) is 4.25. The molecule has 0 saturated heterocycles. The maximum Gasteiger partial charge on any atom is 0.0583 e. The minimum Gasteiger partial charge on any atom is -0.320 e. The van der Waals surface area contributed by atoms with Crippen LogP contribution in [0, 0.1) is 6.92 Å². The zero-order valence-corrected chi connectivity index (χ0v) is 11.6. The molecule has 2 rings (SSSR count). The lowest BCUT2D eigenvalue weighted by atomic mass is 10.0. The van der Waals surface area contributed by atoms with Gasteiger partial charge in [0, 0.05) is 22.8 Å². The third-order valence-electron chi connectivity index (χ3n) is 2.89. The monoisotopic (exact) mass is 293 g/mol. The van der Waals surface area contributed by atoms with E-state index in [1.165, 1.54) is 5.56 Å². The number of halogens is 1. The minimum absolute atomic E-state index is 0.118. The summed E-state index contributed by atoms with van der Waals surface area (Å²) in [5.41, 5.74) is 9.58. The standard InChI is InChI=1S/C13H16BrN3/c1-3-17-8-11(7-16-17)13(15)10-5-4-9(2)12(14)6-10/h4-8,13H,3,15H2,1-2H3. The van der Waals surface area contributed by atoms with Crippen LogP contribution >= 0.6 is 15.9 Å². The van der Waals surface area contributed by atoms with Gasteiger partial charge in [0.1, 0.15) is 0 Å². The number of aryl methyl sites for hydroxylation is 2. The van der Waals surface area contributed by atoms with Crippen LogP contribution in [0.4, 0.5) is 0 Å². The lowest BCUT2D eigenvalue weighted by molar-refractivity contribution is 0.658. The Balaban J connectivity index is 2.29. The molecule has 0 aliphatic carbocycles. The van der Waals surface area contributed by atoms with Crippen LogP contribution < -0.4 is 5.73 Å². The van der Waals surface area contributed by atoms with Gasteiger partial charge in [-0.05, 0) is 31.0 Å². The van der Waals surface area contributed by atoms with Crippen molar-refractivity contribution < 1.29 is 0 Å². The van der Waals surface area contributed by atoms with Gasteiger partial charge in [0.25, 0.3) is 0 Å². The van der Waals surface area contributed by atoms with E-state index in [1.54, 1.807) is 0 Å². The van der Waals surface area contributed by atoms with Crippen molar-refractivity contribution in [2.75, 3.05) is 0 Å². The summed E-state index contributed by atoms with van der Waals surface area (Å²) in [6.45, 7) is 4.99. The smallest absolute Gasteiger partial charge is 0.0583 e. The second-order valence-corrected chi connectivity index (χ2v) is 4.97. The quantitative estimate of drug-likeness (QED) is 0.945. The summed E-state index contributed by atoms with van der Waals surface area (Å²) in [4.78, 5) is 0. The summed E-state index contributed by atoms with van der Waals surface area (Å²) >= 11 is 3.53. The molecular formula is C13H16BrN3. The molecular weight excluding hydrogens is 278 g/mol. The molecule has 2 aromatic rings. The highest BCUT2D eigenvalue weighted by Gasteiger charge is 2.11. The molecule has 3 nitrogen and oxygen atoms in total. The molecule has 4 heteroatoms. The minimum atomic E-state index is -0.118. The molecule has 0 radical (unpaired) electrons. The number of hydrogen-bond acceptors (Lipinski definition) is 2. The molecule has 17 heavy (non-hydrogen) atoms. The second-order valence-electron chi connectivity index (χ2n) is 4.12. The lowest BCUT2D eigenvalue weighted by Crippen LogP contribution is -2.11. The average molecular weight is 294 g/mol. The highest BCUT2D eigenvalue weighted by molar-refractivity contribution is 9.10. The molecule has 1 aromatic carbocycles. The van der Waals surface area contributed by atoms with E-state index in [1.807, 2.05) is 17.1 Å². The van der Waals surface area contributed by atoms with Gasteiger partial charge in [0.2, 0.25) is 0 Å². The van der Waals surface area contributed by atoms with Crippen molar-refractivity contribution >= 4 is 15.9 Å². The zero-order chi connectivity index (χ0) is 12.4. The van der Waals surface area contributed by atoms with Gasteiger partial charge in [-0.3, -0.25) is 4.68 Å². The van der Waals surface area contributed by atoms with Crippen molar-refractivity contribution in [1.82, 2.24) is 9.78 Å². The van der Waals surface area contributed by atoms with Crippen LogP contribution in [0.2, 0.25) is 0 Å². The summed E-state index contributed by atoms with van der Waals surface area (Å²) < 4.78 is 2.98. The Kier molecular flexibility index (Phi) is 3.64. The van der Waals surface area contributed by atoms with Crippen LogP contribution in [0.15, 0.2) is 35.1 Å². The summed E-state index contributed by atoms with van der Waals surface area (Å²) in [5.74, 6) is 0. The third-order valence-corrected chi connectivity index (χ3v) is 3.75. The number of nitrogens with two attached hydrogens (primary N) is 1. The molecule has 1 heterocycles. The number of nitrogens with zero attached hydrogens (tertiary/aromatic N) is 2. The fourth-order valence-electron chi connectivity index (χ4n) is 1.71. The molecule has 1 atom stereocenters. The van der Waals surface area contributed by atoms with Gasteiger partial charge in [-0.15, -0.1) is 0 Å². The highest BCUT2D eigenvalue weighted by atomic mass is 79.9. The van der Waals surface area contributed by atoms with Gasteiger partial charge in [-0.25, -0.2) is 0 Å². The van der Waals surface area contributed by atoms with Crippen molar-refractivity contribution in [1.29, 1.82) is 0 Å². The maximum absolute atomic E-state index is 6.23. The normalized spacial score (nSPS) is 12.7. The van der Waals surface area contributed by atoms with E-state index in [2.05, 4.69) is 53.1 Å². The van der Waals surface area contributed by atoms with Crippen LogP contribution in [0.3, 0.4) is 0 Å². The molecule has 0 spiro atoms. The molecule has 0 bridgehead atoms. The Hall–Kier alpha value is -1.13. The van der Waals surface area contributed by atoms with E-state index >= 15 is 0 Å². The fourth-order valence-corrected chi connectivity index (χ4v) is 2.10. The van der Waals surface area contributed by atoms with Gasteiger partial charge >= 0.3 is 0 Å². The van der Waals surface area contributed by atoms with E-state index in [4.69, 9.17) is 5.73 Å². The Morgan fingerprint density at radius 1 is 1.41 bits per heavy atom. The van der Waals surface area contributed by atoms with E-state index in [0.29, 0.717) is 0 Å². The predicted octanol–water partition coefficient (Wildman–Crippen LogP) is 3.02. The molecule has 1 aromatic heterocycles. The molecule has 2 N–H and O–H groups in total. The Labute approximate surface area is 110 Å². The third kappa shape index (κ3) is 2.58. The van der Waals surface area contributed by atoms with E-state index in [9.17, 15) is 0 Å². The Morgan fingerprint density at radius 3 is 2.76 bits per heavy atom. The molecule has 90 valence electrons. The molecule has 1 unspecified atom stereocenters. The van der Waals surface area contributed by atoms with E-state index in [-0.39, 0.29) is 6.04 Å². The van der Waals surface area contributed by atoms with Gasteiger partial charge in [0.05, 0.1) is 12.2 Å². The average Bonchev–Trinajstić information content (AvgIpc) is 2.80. The number of rotatable bonds is 3. The van der Waals surface area contributed by atoms with Crippen molar-refractivity contribution in [2.24, 2.45) is 5.73 Å². The van der Waals surface area contributed by atoms with E-state index < -0.39 is 0 Å². The summed E-state index contributed by atoms with van der Waals surface area (Å²) in [6.07, 6.45) is 3.83. The van der Waals surface area contributed by atoms with Crippen LogP contribution in [0.25, 0.3) is 0 Å². The number of benzene rings is 1. The number of hydrogen-bond donors (Lipinski definition) is 1. The molecule has 0 fully saturated rings. The van der Waals surface area contributed by atoms with Crippen LogP contribution in [-0.4, -0.2) is 9.78 Å². The SMILES string of the molecule is CCn1cc(C(N)c2ccc(C)c(Br)c2)cn1. The largest absolute Gasteiger partial charge is 0.320 e. The summed E-state index contributed by atoms with van der Waals surface area (Å²) in [6, 6.07) is 6.09. The first-order chi connectivity index (χ1) is 8.11. The predicted molar refractivity (Wildman–Crippen MR) is 72.8 cm³/mol. The second kappa shape index (κ2) is 5.02.